The van der Waals surface area contributed by atoms with E-state index in [1.807, 2.05) is 0 Å². The van der Waals surface area contributed by atoms with E-state index >= 15 is 0 Å². The highest BCUT2D eigenvalue weighted by atomic mass is 32.2. The van der Waals surface area contributed by atoms with Gasteiger partial charge in [-0.15, -0.1) is 0 Å². The molecule has 1 atom stereocenters. The average molecular weight is 318 g/mol. The Labute approximate surface area is 119 Å². The molecule has 1 fully saturated rings. The standard InChI is InChI=1S/C12H18N2O4S2/c1-19(15,16)14-12-7-3-2-6-11(12)13-10-5-4-8-20(17,18)9-10/h2-3,6-7,10,13-14H,4-5,8-9H2,1H3. The van der Waals surface area contributed by atoms with Crippen LogP contribution in [0.3, 0.4) is 0 Å². The molecule has 1 unspecified atom stereocenters. The maximum Gasteiger partial charge on any atom is 0.229 e. The van der Waals surface area contributed by atoms with Gasteiger partial charge in [0, 0.05) is 6.04 Å². The zero-order valence-electron chi connectivity index (χ0n) is 11.2. The lowest BCUT2D eigenvalue weighted by atomic mass is 10.1. The van der Waals surface area contributed by atoms with Crippen molar-refractivity contribution in [2.45, 2.75) is 18.9 Å². The molecule has 0 aliphatic carbocycles. The topological polar surface area (TPSA) is 92.3 Å². The van der Waals surface area contributed by atoms with Crippen molar-refractivity contribution in [3.8, 4) is 0 Å². The monoisotopic (exact) mass is 318 g/mol. The molecule has 0 spiro atoms. The van der Waals surface area contributed by atoms with Crippen LogP contribution in [0.25, 0.3) is 0 Å². The summed E-state index contributed by atoms with van der Waals surface area (Å²) in [7, 11) is -6.37. The largest absolute Gasteiger partial charge is 0.380 e. The van der Waals surface area contributed by atoms with Crippen LogP contribution in [0.2, 0.25) is 0 Å². The smallest absolute Gasteiger partial charge is 0.229 e. The van der Waals surface area contributed by atoms with Crippen LogP contribution in [-0.4, -0.2) is 40.6 Å². The summed E-state index contributed by atoms with van der Waals surface area (Å²) in [6, 6.07) is 6.68. The number of rotatable bonds is 4. The number of hydrogen-bond donors (Lipinski definition) is 2. The van der Waals surface area contributed by atoms with Gasteiger partial charge in [-0.05, 0) is 25.0 Å². The first kappa shape index (κ1) is 15.1. The zero-order chi connectivity index (χ0) is 14.8. The molecule has 0 bridgehead atoms. The third kappa shape index (κ3) is 4.38. The molecule has 112 valence electrons. The van der Waals surface area contributed by atoms with Gasteiger partial charge in [-0.3, -0.25) is 4.72 Å². The molecule has 0 saturated carbocycles. The van der Waals surface area contributed by atoms with Crippen molar-refractivity contribution in [3.05, 3.63) is 24.3 Å². The molecule has 1 aliphatic heterocycles. The van der Waals surface area contributed by atoms with Gasteiger partial charge in [-0.25, -0.2) is 16.8 Å². The fraction of sp³-hybridized carbons (Fsp3) is 0.500. The Hall–Kier alpha value is -1.28. The molecule has 1 aliphatic rings. The van der Waals surface area contributed by atoms with Crippen molar-refractivity contribution >= 4 is 31.2 Å². The zero-order valence-corrected chi connectivity index (χ0v) is 12.8. The van der Waals surface area contributed by atoms with E-state index in [0.717, 1.165) is 12.7 Å². The first-order valence-corrected chi connectivity index (χ1v) is 10.0. The molecule has 0 aromatic heterocycles. The third-order valence-electron chi connectivity index (χ3n) is 3.05. The summed E-state index contributed by atoms with van der Waals surface area (Å²) in [6.45, 7) is 0. The number of nitrogens with one attached hydrogen (secondary N) is 2. The van der Waals surface area contributed by atoms with Crippen LogP contribution in [0, 0.1) is 0 Å². The molecule has 1 saturated heterocycles. The van der Waals surface area contributed by atoms with Gasteiger partial charge in [-0.1, -0.05) is 12.1 Å². The number of anilines is 2. The lowest BCUT2D eigenvalue weighted by Gasteiger charge is -2.25. The average Bonchev–Trinajstić information content (AvgIpc) is 2.28. The van der Waals surface area contributed by atoms with Gasteiger partial charge in [0.15, 0.2) is 9.84 Å². The van der Waals surface area contributed by atoms with Gasteiger partial charge in [0.2, 0.25) is 10.0 Å². The van der Waals surface area contributed by atoms with E-state index in [1.165, 1.54) is 0 Å². The minimum absolute atomic E-state index is 0.0835. The fourth-order valence-corrected chi connectivity index (χ4v) is 4.47. The van der Waals surface area contributed by atoms with Gasteiger partial charge < -0.3 is 5.32 Å². The van der Waals surface area contributed by atoms with Gasteiger partial charge in [-0.2, -0.15) is 0 Å². The quantitative estimate of drug-likeness (QED) is 0.865. The van der Waals surface area contributed by atoms with Crippen LogP contribution >= 0.6 is 0 Å². The highest BCUT2D eigenvalue weighted by Crippen LogP contribution is 2.25. The van der Waals surface area contributed by atoms with Crippen molar-refractivity contribution in [1.29, 1.82) is 0 Å². The summed E-state index contributed by atoms with van der Waals surface area (Å²) >= 11 is 0. The molecule has 0 amide bonds. The van der Waals surface area contributed by atoms with E-state index in [1.54, 1.807) is 24.3 Å². The van der Waals surface area contributed by atoms with Crippen molar-refractivity contribution in [1.82, 2.24) is 0 Å². The minimum atomic E-state index is -3.37. The van der Waals surface area contributed by atoms with Crippen LogP contribution in [0.4, 0.5) is 11.4 Å². The third-order valence-corrected chi connectivity index (χ3v) is 5.46. The second-order valence-electron chi connectivity index (χ2n) is 5.02. The summed E-state index contributed by atoms with van der Waals surface area (Å²) in [5, 5.41) is 3.12. The number of sulfonamides is 1. The Balaban J connectivity index is 2.17. The highest BCUT2D eigenvalue weighted by Gasteiger charge is 2.25. The molecular weight excluding hydrogens is 300 g/mol. The molecule has 20 heavy (non-hydrogen) atoms. The predicted octanol–water partition coefficient (Wildman–Crippen LogP) is 1.05. The molecule has 2 rings (SSSR count). The molecule has 1 heterocycles. The second kappa shape index (κ2) is 5.61. The van der Waals surface area contributed by atoms with Crippen molar-refractivity contribution < 1.29 is 16.8 Å². The SMILES string of the molecule is CS(=O)(=O)Nc1ccccc1NC1CCCS(=O)(=O)C1. The van der Waals surface area contributed by atoms with E-state index in [4.69, 9.17) is 0 Å². The Bertz CT molecular complexity index is 683. The van der Waals surface area contributed by atoms with Crippen LogP contribution in [0.1, 0.15) is 12.8 Å². The van der Waals surface area contributed by atoms with Crippen LogP contribution in [-0.2, 0) is 19.9 Å². The van der Waals surface area contributed by atoms with Crippen molar-refractivity contribution in [3.63, 3.8) is 0 Å². The van der Waals surface area contributed by atoms with E-state index in [9.17, 15) is 16.8 Å². The Kier molecular flexibility index (Phi) is 4.24. The second-order valence-corrected chi connectivity index (χ2v) is 8.99. The highest BCUT2D eigenvalue weighted by molar-refractivity contribution is 7.92. The lowest BCUT2D eigenvalue weighted by Crippen LogP contribution is -2.35. The Morgan fingerprint density at radius 1 is 1.20 bits per heavy atom. The maximum atomic E-state index is 11.6. The van der Waals surface area contributed by atoms with Crippen LogP contribution < -0.4 is 10.0 Å². The summed E-state index contributed by atoms with van der Waals surface area (Å²) in [6.07, 6.45) is 2.46. The first-order valence-electron chi connectivity index (χ1n) is 6.29. The molecular formula is C12H18N2O4S2. The van der Waals surface area contributed by atoms with Crippen molar-refractivity contribution in [2.75, 3.05) is 27.8 Å². The summed E-state index contributed by atoms with van der Waals surface area (Å²) in [5.74, 6) is 0.314. The first-order chi connectivity index (χ1) is 9.25. The fourth-order valence-electron chi connectivity index (χ4n) is 2.25. The normalized spacial score (nSPS) is 22.1. The maximum absolute atomic E-state index is 11.6. The lowest BCUT2D eigenvalue weighted by molar-refractivity contribution is 0.562. The molecule has 8 heteroatoms. The molecule has 1 aromatic rings. The molecule has 0 radical (unpaired) electrons. The van der Waals surface area contributed by atoms with Gasteiger partial charge in [0.25, 0.3) is 0 Å². The van der Waals surface area contributed by atoms with Gasteiger partial charge >= 0.3 is 0 Å². The Morgan fingerprint density at radius 2 is 1.85 bits per heavy atom. The molecule has 6 nitrogen and oxygen atoms in total. The van der Waals surface area contributed by atoms with E-state index in [2.05, 4.69) is 10.0 Å². The number of para-hydroxylation sites is 2. The Morgan fingerprint density at radius 3 is 2.45 bits per heavy atom. The molecule has 1 aromatic carbocycles. The summed E-state index contributed by atoms with van der Waals surface area (Å²) < 4.78 is 48.3. The minimum Gasteiger partial charge on any atom is -0.380 e. The van der Waals surface area contributed by atoms with E-state index in [0.29, 0.717) is 17.8 Å². The van der Waals surface area contributed by atoms with Gasteiger partial charge in [0.1, 0.15) is 0 Å². The summed E-state index contributed by atoms with van der Waals surface area (Å²) in [5.41, 5.74) is 1.03. The predicted molar refractivity (Wildman–Crippen MR) is 80.2 cm³/mol. The van der Waals surface area contributed by atoms with Crippen LogP contribution in [0.15, 0.2) is 24.3 Å². The van der Waals surface area contributed by atoms with Crippen molar-refractivity contribution in [2.24, 2.45) is 0 Å². The number of benzene rings is 1. The van der Waals surface area contributed by atoms with E-state index < -0.39 is 19.9 Å². The summed E-state index contributed by atoms with van der Waals surface area (Å²) in [4.78, 5) is 0. The van der Waals surface area contributed by atoms with E-state index in [-0.39, 0.29) is 17.5 Å². The van der Waals surface area contributed by atoms with Gasteiger partial charge in [0.05, 0.1) is 29.1 Å². The number of hydrogen-bond acceptors (Lipinski definition) is 5. The number of sulfone groups is 1. The van der Waals surface area contributed by atoms with Crippen LogP contribution in [0.5, 0.6) is 0 Å². The molecule has 2 N–H and O–H groups in total.